The van der Waals surface area contributed by atoms with Gasteiger partial charge in [-0.2, -0.15) is 0 Å². The summed E-state index contributed by atoms with van der Waals surface area (Å²) >= 11 is 0. The van der Waals surface area contributed by atoms with Gasteiger partial charge in [0, 0.05) is 65.2 Å². The second-order valence-corrected chi connectivity index (χ2v) is 8.70. The van der Waals surface area contributed by atoms with Gasteiger partial charge in [0.25, 0.3) is 0 Å². The molecule has 4 rings (SSSR count). The summed E-state index contributed by atoms with van der Waals surface area (Å²) in [6.45, 7) is 11.2. The third-order valence-corrected chi connectivity index (χ3v) is 6.82. The Morgan fingerprint density at radius 3 is 2.10 bits per heavy atom. The molecule has 4 aliphatic rings. The molecule has 3 heterocycles. The number of nitrogens with two attached hydrogens (primary N) is 1. The number of carbonyl (C=O) groups is 2. The number of nitrogens with zero attached hydrogens (tertiary/aromatic N) is 4. The monoisotopic (exact) mass is 451 g/mol. The number of hydrogen-bond acceptors (Lipinski definition) is 6. The number of likely N-dealkylation sites (N-methyl/N-ethyl adjacent to an activating group) is 1. The van der Waals surface area contributed by atoms with E-state index in [0.29, 0.717) is 32.5 Å². The summed E-state index contributed by atoms with van der Waals surface area (Å²) in [4.78, 5) is 33.4. The number of amides is 2. The van der Waals surface area contributed by atoms with Crippen LogP contribution in [0.2, 0.25) is 0 Å². The third-order valence-electron chi connectivity index (χ3n) is 6.82. The molecule has 1 aliphatic carbocycles. The van der Waals surface area contributed by atoms with Gasteiger partial charge in [0.15, 0.2) is 0 Å². The first-order chi connectivity index (χ1) is 12.9. The molecule has 4 fully saturated rings. The molecule has 1 saturated carbocycles. The fourth-order valence-corrected chi connectivity index (χ4v) is 4.50. The van der Waals surface area contributed by atoms with Crippen molar-refractivity contribution in [1.29, 1.82) is 0 Å². The lowest BCUT2D eigenvalue weighted by atomic mass is 9.91. The van der Waals surface area contributed by atoms with E-state index in [0.717, 1.165) is 58.7 Å². The number of carbonyl (C=O) groups excluding carboxylic acids is 2. The highest BCUT2D eigenvalue weighted by atomic mass is 35.5. The highest BCUT2D eigenvalue weighted by molar-refractivity contribution is 5.89. The molecule has 3 aliphatic heterocycles. The van der Waals surface area contributed by atoms with Crippen molar-refractivity contribution in [3.8, 4) is 0 Å². The first kappa shape index (κ1) is 24.5. The standard InChI is InChI=1S/C19H33N5O3.2ClH/c1-2-21-9-11-22(12-10-21)13-14-24-15-18(27-17(24)26)5-7-23(8-6-18)16(25)19(20)3-4-19;;/h2-15,20H2,1H3;2*1H. The lowest BCUT2D eigenvalue weighted by Crippen LogP contribution is -2.53. The number of halogens is 2. The molecule has 168 valence electrons. The van der Waals surface area contributed by atoms with E-state index >= 15 is 0 Å². The zero-order valence-corrected chi connectivity index (χ0v) is 18.9. The van der Waals surface area contributed by atoms with E-state index in [2.05, 4.69) is 16.7 Å². The summed E-state index contributed by atoms with van der Waals surface area (Å²) < 4.78 is 5.80. The first-order valence-electron chi connectivity index (χ1n) is 10.4. The van der Waals surface area contributed by atoms with Crippen LogP contribution in [0.25, 0.3) is 0 Å². The quantitative estimate of drug-likeness (QED) is 0.664. The lowest BCUT2D eigenvalue weighted by molar-refractivity contribution is -0.137. The Labute approximate surface area is 185 Å². The summed E-state index contributed by atoms with van der Waals surface area (Å²) in [5.74, 6) is 0.0738. The van der Waals surface area contributed by atoms with Gasteiger partial charge in [-0.15, -0.1) is 24.8 Å². The van der Waals surface area contributed by atoms with Crippen LogP contribution >= 0.6 is 24.8 Å². The summed E-state index contributed by atoms with van der Waals surface area (Å²) in [7, 11) is 0. The Hall–Kier alpha value is -0.800. The number of ether oxygens (including phenoxy) is 1. The van der Waals surface area contributed by atoms with Gasteiger partial charge in [-0.25, -0.2) is 4.79 Å². The second-order valence-electron chi connectivity index (χ2n) is 8.70. The fraction of sp³-hybridized carbons (Fsp3) is 0.895. The van der Waals surface area contributed by atoms with Crippen LogP contribution in [0.5, 0.6) is 0 Å². The molecule has 29 heavy (non-hydrogen) atoms. The maximum absolute atomic E-state index is 12.4. The van der Waals surface area contributed by atoms with Crippen LogP contribution in [0.4, 0.5) is 4.79 Å². The van der Waals surface area contributed by atoms with E-state index in [9.17, 15) is 9.59 Å². The molecule has 0 aromatic heterocycles. The summed E-state index contributed by atoms with van der Waals surface area (Å²) in [5, 5.41) is 0. The maximum Gasteiger partial charge on any atom is 0.410 e. The average Bonchev–Trinajstić information content (AvgIpc) is 3.36. The van der Waals surface area contributed by atoms with Crippen molar-refractivity contribution in [1.82, 2.24) is 19.6 Å². The van der Waals surface area contributed by atoms with Gasteiger partial charge in [-0.1, -0.05) is 6.92 Å². The van der Waals surface area contributed by atoms with Crippen LogP contribution in [-0.4, -0.2) is 108 Å². The van der Waals surface area contributed by atoms with E-state index in [1.807, 2.05) is 9.80 Å². The Balaban J connectivity index is 0.00000150. The number of hydrogen-bond donors (Lipinski definition) is 1. The number of likely N-dealkylation sites (tertiary alicyclic amines) is 1. The molecular weight excluding hydrogens is 417 g/mol. The highest BCUT2D eigenvalue weighted by Gasteiger charge is 2.52. The smallest absolute Gasteiger partial charge is 0.410 e. The molecule has 0 unspecified atom stereocenters. The third kappa shape index (κ3) is 5.28. The van der Waals surface area contributed by atoms with Crippen LogP contribution < -0.4 is 5.73 Å². The van der Waals surface area contributed by atoms with E-state index in [1.54, 1.807) is 0 Å². The summed E-state index contributed by atoms with van der Waals surface area (Å²) in [5.41, 5.74) is 5.02. The van der Waals surface area contributed by atoms with E-state index in [-0.39, 0.29) is 36.8 Å². The van der Waals surface area contributed by atoms with Crippen molar-refractivity contribution < 1.29 is 14.3 Å². The molecule has 2 amide bonds. The predicted octanol–water partition coefficient (Wildman–Crippen LogP) is 0.772. The fourth-order valence-electron chi connectivity index (χ4n) is 4.50. The van der Waals surface area contributed by atoms with Crippen LogP contribution in [0.3, 0.4) is 0 Å². The topological polar surface area (TPSA) is 82.3 Å². The van der Waals surface area contributed by atoms with Gasteiger partial charge >= 0.3 is 6.09 Å². The Morgan fingerprint density at radius 1 is 0.966 bits per heavy atom. The number of piperidine rings is 1. The molecule has 3 saturated heterocycles. The van der Waals surface area contributed by atoms with E-state index < -0.39 is 11.1 Å². The largest absolute Gasteiger partial charge is 0.441 e. The van der Waals surface area contributed by atoms with Gasteiger partial charge < -0.3 is 25.2 Å². The van der Waals surface area contributed by atoms with Crippen molar-refractivity contribution >= 4 is 36.8 Å². The molecule has 0 aromatic rings. The molecule has 0 aromatic carbocycles. The van der Waals surface area contributed by atoms with Gasteiger partial charge in [-0.05, 0) is 19.4 Å². The number of rotatable bonds is 5. The van der Waals surface area contributed by atoms with Gasteiger partial charge in [0.05, 0.1) is 12.1 Å². The molecular formula is C19H35Cl2N5O3. The minimum Gasteiger partial charge on any atom is -0.441 e. The molecule has 10 heteroatoms. The molecule has 1 spiro atoms. The zero-order valence-electron chi connectivity index (χ0n) is 17.3. The lowest BCUT2D eigenvalue weighted by Gasteiger charge is -2.38. The van der Waals surface area contributed by atoms with E-state index in [4.69, 9.17) is 10.5 Å². The van der Waals surface area contributed by atoms with Crippen LogP contribution in [-0.2, 0) is 9.53 Å². The zero-order chi connectivity index (χ0) is 19.1. The first-order valence-corrected chi connectivity index (χ1v) is 10.4. The molecule has 0 bridgehead atoms. The van der Waals surface area contributed by atoms with Crippen LogP contribution in [0.1, 0.15) is 32.6 Å². The maximum atomic E-state index is 12.4. The molecule has 0 radical (unpaired) electrons. The summed E-state index contributed by atoms with van der Waals surface area (Å²) in [6, 6.07) is 0. The average molecular weight is 452 g/mol. The molecule has 2 N–H and O–H groups in total. The van der Waals surface area contributed by atoms with Crippen LogP contribution in [0, 0.1) is 0 Å². The minimum absolute atomic E-state index is 0. The Kier molecular flexibility index (Phi) is 8.06. The minimum atomic E-state index is -0.606. The molecule has 8 nitrogen and oxygen atoms in total. The van der Waals surface area contributed by atoms with Gasteiger partial charge in [0.1, 0.15) is 5.60 Å². The van der Waals surface area contributed by atoms with Crippen molar-refractivity contribution in [2.45, 2.75) is 43.7 Å². The summed E-state index contributed by atoms with van der Waals surface area (Å²) in [6.07, 6.45) is 2.82. The highest BCUT2D eigenvalue weighted by Crippen LogP contribution is 2.38. The SMILES string of the molecule is CCN1CCN(CCN2CC3(CCN(C(=O)C4(N)CC4)CC3)OC2=O)CC1.Cl.Cl. The van der Waals surface area contributed by atoms with Crippen molar-refractivity contribution in [3.05, 3.63) is 0 Å². The van der Waals surface area contributed by atoms with E-state index in [1.165, 1.54) is 0 Å². The van der Waals surface area contributed by atoms with Gasteiger partial charge in [-0.3, -0.25) is 9.69 Å². The predicted molar refractivity (Wildman–Crippen MR) is 116 cm³/mol. The Morgan fingerprint density at radius 2 is 1.55 bits per heavy atom. The normalized spacial score (nSPS) is 25.9. The van der Waals surface area contributed by atoms with Gasteiger partial charge in [0.2, 0.25) is 5.91 Å². The van der Waals surface area contributed by atoms with Crippen molar-refractivity contribution in [2.24, 2.45) is 5.73 Å². The van der Waals surface area contributed by atoms with Crippen molar-refractivity contribution in [2.75, 3.05) is 65.4 Å². The molecule has 0 atom stereocenters. The number of piperazine rings is 1. The van der Waals surface area contributed by atoms with Crippen LogP contribution in [0.15, 0.2) is 0 Å². The van der Waals surface area contributed by atoms with Crippen molar-refractivity contribution in [3.63, 3.8) is 0 Å². The second kappa shape index (κ2) is 9.56. The Bertz CT molecular complexity index is 588.